The van der Waals surface area contributed by atoms with Crippen LogP contribution >= 0.6 is 0 Å². The van der Waals surface area contributed by atoms with E-state index in [1.165, 1.54) is 18.1 Å². The summed E-state index contributed by atoms with van der Waals surface area (Å²) < 4.78 is 0. The monoisotopic (exact) mass is 276 g/mol. The molecule has 2 amide bonds. The van der Waals surface area contributed by atoms with Gasteiger partial charge in [0.05, 0.1) is 6.42 Å². The minimum absolute atomic E-state index is 0.163. The predicted molar refractivity (Wildman–Crippen MR) is 73.8 cm³/mol. The molecular formula is C14H20N4O2. The Labute approximate surface area is 118 Å². The van der Waals surface area contributed by atoms with E-state index >= 15 is 0 Å². The summed E-state index contributed by atoms with van der Waals surface area (Å²) in [5, 5.41) is 8.34. The topological polar surface area (TPSA) is 90.5 Å². The number of rotatable bonds is 1. The van der Waals surface area contributed by atoms with E-state index in [1.54, 1.807) is 0 Å². The molecule has 2 aliphatic heterocycles. The van der Waals surface area contributed by atoms with E-state index in [0.29, 0.717) is 17.8 Å². The number of nitrogens with one attached hydrogen (secondary N) is 1. The van der Waals surface area contributed by atoms with E-state index in [-0.39, 0.29) is 24.3 Å². The fraction of sp³-hybridized carbons (Fsp3) is 0.643. The van der Waals surface area contributed by atoms with E-state index < -0.39 is 5.54 Å². The maximum absolute atomic E-state index is 12.6. The van der Waals surface area contributed by atoms with Gasteiger partial charge in [-0.15, -0.1) is 0 Å². The number of likely N-dealkylation sites (tertiary alicyclic amines) is 2. The Bertz CT molecular complexity index is 521. The number of hydrogen-bond donors (Lipinski definition) is 2. The number of imide groups is 1. The Hall–Kier alpha value is -1.85. The van der Waals surface area contributed by atoms with E-state index in [9.17, 15) is 9.59 Å². The number of amidine groups is 1. The van der Waals surface area contributed by atoms with Crippen LogP contribution in [0.4, 0.5) is 0 Å². The molecule has 1 spiro atoms. The summed E-state index contributed by atoms with van der Waals surface area (Å²) in [5.41, 5.74) is 5.40. The fourth-order valence-electron chi connectivity index (χ4n) is 3.88. The highest BCUT2D eigenvalue weighted by molar-refractivity contribution is 6.14. The van der Waals surface area contributed by atoms with Crippen molar-refractivity contribution in [3.05, 3.63) is 11.8 Å². The summed E-state index contributed by atoms with van der Waals surface area (Å²) in [7, 11) is 1.53. The third-order valence-corrected chi connectivity index (χ3v) is 4.90. The smallest absolute Gasteiger partial charge is 0.255 e. The first-order valence-electron chi connectivity index (χ1n) is 7.11. The van der Waals surface area contributed by atoms with Crippen molar-refractivity contribution in [3.8, 4) is 0 Å². The van der Waals surface area contributed by atoms with Gasteiger partial charge in [0.25, 0.3) is 5.91 Å². The van der Waals surface area contributed by atoms with E-state index in [0.717, 1.165) is 25.7 Å². The SMILES string of the molecule is CN1C(=O)CC2(C/C(=C/N)C(=N)N2C2CCCC2)C1=O. The van der Waals surface area contributed by atoms with Gasteiger partial charge >= 0.3 is 0 Å². The molecular weight excluding hydrogens is 256 g/mol. The molecule has 0 aromatic heterocycles. The Morgan fingerprint density at radius 3 is 2.45 bits per heavy atom. The Morgan fingerprint density at radius 2 is 1.95 bits per heavy atom. The van der Waals surface area contributed by atoms with Gasteiger partial charge in [-0.1, -0.05) is 12.8 Å². The fourth-order valence-corrected chi connectivity index (χ4v) is 3.88. The first-order chi connectivity index (χ1) is 9.51. The number of nitrogens with zero attached hydrogens (tertiary/aromatic N) is 2. The van der Waals surface area contributed by atoms with Crippen LogP contribution < -0.4 is 5.73 Å². The average molecular weight is 276 g/mol. The molecule has 3 fully saturated rings. The molecule has 0 aromatic rings. The van der Waals surface area contributed by atoms with Crippen LogP contribution in [0, 0.1) is 5.41 Å². The summed E-state index contributed by atoms with van der Waals surface area (Å²) in [5.74, 6) is -0.0177. The maximum Gasteiger partial charge on any atom is 0.255 e. The van der Waals surface area contributed by atoms with Gasteiger partial charge in [-0.25, -0.2) is 0 Å². The lowest BCUT2D eigenvalue weighted by molar-refractivity contribution is -0.140. The molecule has 3 aliphatic rings. The standard InChI is InChI=1S/C14H20N4O2/c1-17-11(19)7-14(13(17)20)6-9(8-15)12(16)18(14)10-4-2-3-5-10/h8,10,16H,2-7,15H2,1H3/b9-8-,16-12?. The van der Waals surface area contributed by atoms with Crippen molar-refractivity contribution in [1.29, 1.82) is 5.41 Å². The molecule has 1 aliphatic carbocycles. The lowest BCUT2D eigenvalue weighted by Gasteiger charge is -2.38. The summed E-state index contributed by atoms with van der Waals surface area (Å²) in [6.07, 6.45) is 6.15. The van der Waals surface area contributed by atoms with E-state index in [1.807, 2.05) is 4.90 Å². The molecule has 1 saturated carbocycles. The molecule has 6 heteroatoms. The summed E-state index contributed by atoms with van der Waals surface area (Å²) in [6.45, 7) is 0. The maximum atomic E-state index is 12.6. The Balaban J connectivity index is 2.05. The van der Waals surface area contributed by atoms with Gasteiger partial charge in [0, 0.05) is 31.3 Å². The first-order valence-corrected chi connectivity index (χ1v) is 7.11. The molecule has 2 saturated heterocycles. The van der Waals surface area contributed by atoms with Crippen molar-refractivity contribution in [2.24, 2.45) is 5.73 Å². The molecule has 0 radical (unpaired) electrons. The van der Waals surface area contributed by atoms with Crippen molar-refractivity contribution in [2.45, 2.75) is 50.1 Å². The zero-order valence-electron chi connectivity index (χ0n) is 11.7. The Morgan fingerprint density at radius 1 is 1.30 bits per heavy atom. The minimum Gasteiger partial charge on any atom is -0.404 e. The zero-order valence-corrected chi connectivity index (χ0v) is 11.7. The van der Waals surface area contributed by atoms with E-state index in [2.05, 4.69) is 0 Å². The van der Waals surface area contributed by atoms with Gasteiger partial charge in [-0.2, -0.15) is 0 Å². The van der Waals surface area contributed by atoms with Crippen LogP contribution in [0.5, 0.6) is 0 Å². The molecule has 20 heavy (non-hydrogen) atoms. The summed E-state index contributed by atoms with van der Waals surface area (Å²) in [6, 6.07) is 0.184. The van der Waals surface area contributed by atoms with Crippen molar-refractivity contribution in [1.82, 2.24) is 9.80 Å². The third kappa shape index (κ3) is 1.53. The molecule has 0 bridgehead atoms. The number of nitrogens with two attached hydrogens (primary N) is 1. The molecule has 0 aromatic carbocycles. The van der Waals surface area contributed by atoms with Gasteiger partial charge in [0.15, 0.2) is 0 Å². The van der Waals surface area contributed by atoms with Crippen molar-refractivity contribution >= 4 is 17.6 Å². The Kier molecular flexibility index (Phi) is 2.84. The molecule has 1 atom stereocenters. The lowest BCUT2D eigenvalue weighted by Crippen LogP contribution is -2.54. The lowest BCUT2D eigenvalue weighted by atomic mass is 9.91. The highest BCUT2D eigenvalue weighted by Gasteiger charge is 2.60. The van der Waals surface area contributed by atoms with Gasteiger partial charge < -0.3 is 10.6 Å². The molecule has 1 unspecified atom stereocenters. The minimum atomic E-state index is -0.886. The second kappa shape index (κ2) is 4.33. The normalized spacial score (nSPS) is 33.5. The summed E-state index contributed by atoms with van der Waals surface area (Å²) >= 11 is 0. The molecule has 6 nitrogen and oxygen atoms in total. The van der Waals surface area contributed by atoms with Crippen LogP contribution in [0.1, 0.15) is 38.5 Å². The molecule has 3 rings (SSSR count). The highest BCUT2D eigenvalue weighted by atomic mass is 16.2. The highest BCUT2D eigenvalue weighted by Crippen LogP contribution is 2.45. The van der Waals surface area contributed by atoms with Crippen LogP contribution in [0.3, 0.4) is 0 Å². The molecule has 2 heterocycles. The second-order valence-corrected chi connectivity index (χ2v) is 5.99. The van der Waals surface area contributed by atoms with Crippen LogP contribution in [0.25, 0.3) is 0 Å². The van der Waals surface area contributed by atoms with Gasteiger partial charge in [-0.05, 0) is 12.8 Å². The largest absolute Gasteiger partial charge is 0.404 e. The average Bonchev–Trinajstić information content (AvgIpc) is 3.08. The van der Waals surface area contributed by atoms with Crippen molar-refractivity contribution < 1.29 is 9.59 Å². The van der Waals surface area contributed by atoms with Gasteiger partial charge in [0.2, 0.25) is 5.91 Å². The number of likely N-dealkylation sites (N-methyl/N-ethyl adjacent to an activating group) is 1. The van der Waals surface area contributed by atoms with Crippen LogP contribution in [-0.2, 0) is 9.59 Å². The van der Waals surface area contributed by atoms with Gasteiger partial charge in [-0.3, -0.25) is 19.9 Å². The van der Waals surface area contributed by atoms with E-state index in [4.69, 9.17) is 11.1 Å². The number of amides is 2. The third-order valence-electron chi connectivity index (χ3n) is 4.90. The number of carbonyl (C=O) groups is 2. The predicted octanol–water partition coefficient (Wildman–Crippen LogP) is 0.582. The van der Waals surface area contributed by atoms with Gasteiger partial charge in [0.1, 0.15) is 11.4 Å². The van der Waals surface area contributed by atoms with Crippen LogP contribution in [0.2, 0.25) is 0 Å². The van der Waals surface area contributed by atoms with Crippen LogP contribution in [0.15, 0.2) is 11.8 Å². The summed E-state index contributed by atoms with van der Waals surface area (Å²) in [4.78, 5) is 27.7. The molecule has 3 N–H and O–H groups in total. The zero-order chi connectivity index (χ0) is 14.5. The second-order valence-electron chi connectivity index (χ2n) is 5.99. The molecule has 108 valence electrons. The first kappa shape index (κ1) is 13.1. The van der Waals surface area contributed by atoms with Crippen molar-refractivity contribution in [2.75, 3.05) is 7.05 Å². The number of carbonyl (C=O) groups excluding carboxylic acids is 2. The number of hydrogen-bond acceptors (Lipinski definition) is 4. The van der Waals surface area contributed by atoms with Crippen molar-refractivity contribution in [3.63, 3.8) is 0 Å². The quantitative estimate of drug-likeness (QED) is 0.685. The van der Waals surface area contributed by atoms with Crippen LogP contribution in [-0.4, -0.2) is 46.1 Å².